The quantitative estimate of drug-likeness (QED) is 0.187. The van der Waals surface area contributed by atoms with Crippen LogP contribution in [0.2, 0.25) is 0 Å². The number of nitrogens with one attached hydrogen (secondary N) is 2. The molecule has 244 valence electrons. The van der Waals surface area contributed by atoms with E-state index in [0.717, 1.165) is 73.0 Å². The summed E-state index contributed by atoms with van der Waals surface area (Å²) >= 11 is 0. The number of rotatable bonds is 4. The molecule has 2 aliphatic heterocycles. The van der Waals surface area contributed by atoms with Crippen LogP contribution in [0.25, 0.3) is 74.6 Å². The van der Waals surface area contributed by atoms with E-state index in [0.29, 0.717) is 0 Å². The van der Waals surface area contributed by atoms with Crippen molar-refractivity contribution in [2.24, 2.45) is 0 Å². The van der Waals surface area contributed by atoms with E-state index in [4.69, 9.17) is 9.97 Å². The Morgan fingerprint density at radius 2 is 0.745 bits per heavy atom. The van der Waals surface area contributed by atoms with Gasteiger partial charge in [-0.05, 0) is 91.6 Å². The van der Waals surface area contributed by atoms with E-state index in [1.807, 2.05) is 6.07 Å². The van der Waals surface area contributed by atoms with E-state index in [2.05, 4.69) is 191 Å². The van der Waals surface area contributed by atoms with Gasteiger partial charge in [0.1, 0.15) is 33.6 Å². The lowest BCUT2D eigenvalue weighted by Crippen LogP contribution is -2.31. The molecule has 0 radical (unpaired) electrons. The molecule has 0 spiro atoms. The van der Waals surface area contributed by atoms with Gasteiger partial charge in [0.15, 0.2) is 37.2 Å². The minimum Gasteiger partial charge on any atom is -0.349 e. The van der Waals surface area contributed by atoms with Gasteiger partial charge < -0.3 is 9.97 Å². The number of aromatic amines is 2. The molecule has 0 unspecified atom stereocenters. The molecular formula is C44H36N7+3. The van der Waals surface area contributed by atoms with Gasteiger partial charge in [0.2, 0.25) is 0 Å². The topological polar surface area (TPSA) is 69.0 Å². The second-order valence-corrected chi connectivity index (χ2v) is 13.1. The van der Waals surface area contributed by atoms with Gasteiger partial charge in [-0.1, -0.05) is 30.3 Å². The first-order chi connectivity index (χ1) is 25.0. The molecule has 51 heavy (non-hydrogen) atoms. The molecule has 2 N–H and O–H groups in total. The third-order valence-corrected chi connectivity index (χ3v) is 9.50. The fraction of sp³-hybridized carbons (Fsp3) is 0.0682. The van der Waals surface area contributed by atoms with E-state index in [1.165, 1.54) is 16.7 Å². The van der Waals surface area contributed by atoms with E-state index < -0.39 is 0 Å². The van der Waals surface area contributed by atoms with Crippen LogP contribution < -0.4 is 13.7 Å². The monoisotopic (exact) mass is 662 g/mol. The summed E-state index contributed by atoms with van der Waals surface area (Å²) in [4.78, 5) is 18.3. The lowest BCUT2D eigenvalue weighted by atomic mass is 10.0. The van der Waals surface area contributed by atoms with Crippen LogP contribution in [-0.2, 0) is 0 Å². The van der Waals surface area contributed by atoms with Crippen LogP contribution in [0.1, 0.15) is 39.5 Å². The Morgan fingerprint density at radius 3 is 1.18 bits per heavy atom. The van der Waals surface area contributed by atoms with Crippen LogP contribution in [0.3, 0.4) is 0 Å². The second-order valence-electron chi connectivity index (χ2n) is 13.1. The molecule has 0 aliphatic carbocycles. The van der Waals surface area contributed by atoms with Crippen molar-refractivity contribution in [1.82, 2.24) is 19.9 Å². The molecule has 0 atom stereocenters. The van der Waals surface area contributed by atoms with Gasteiger partial charge in [0.05, 0.1) is 5.69 Å². The van der Waals surface area contributed by atoms with Crippen molar-refractivity contribution in [3.05, 3.63) is 168 Å². The number of H-pyrrole nitrogens is 2. The van der Waals surface area contributed by atoms with Crippen molar-refractivity contribution in [3.63, 3.8) is 0 Å². The standard InChI is InChI=1S/C44H36N7/c1-29-17-23-49(24-18-29)42-35-11-9-33(45-35)41(32-7-5-4-6-8-32)34-10-12-36(46-34)43(50-25-19-30(2)20-26-50)38-14-16-40(48-38)44(39-15-13-37(42)47-39)51-27-21-31(3)22-28-51/h4-28,45,48H,1-3H3/q+3. The van der Waals surface area contributed by atoms with Gasteiger partial charge in [-0.3, -0.25) is 0 Å². The molecule has 8 bridgehead atoms. The Hall–Kier alpha value is -6.73. The average Bonchev–Trinajstić information content (AvgIpc) is 3.99. The van der Waals surface area contributed by atoms with Crippen LogP contribution in [0.4, 0.5) is 0 Å². The Kier molecular flexibility index (Phi) is 7.32. The highest BCUT2D eigenvalue weighted by atomic mass is 15.0. The van der Waals surface area contributed by atoms with Crippen LogP contribution in [0.15, 0.2) is 128 Å². The predicted octanol–water partition coefficient (Wildman–Crippen LogP) is 8.08. The van der Waals surface area contributed by atoms with E-state index in [1.54, 1.807) is 0 Å². The molecule has 9 rings (SSSR count). The number of aryl methyl sites for hydroxylation is 3. The molecule has 6 aromatic heterocycles. The molecule has 0 saturated carbocycles. The summed E-state index contributed by atoms with van der Waals surface area (Å²) < 4.78 is 6.43. The van der Waals surface area contributed by atoms with Gasteiger partial charge >= 0.3 is 0 Å². The Bertz CT molecular complexity index is 2640. The van der Waals surface area contributed by atoms with Crippen molar-refractivity contribution in [2.45, 2.75) is 20.8 Å². The number of benzene rings is 1. The Balaban J connectivity index is 1.47. The molecule has 7 nitrogen and oxygen atoms in total. The van der Waals surface area contributed by atoms with Crippen molar-refractivity contribution < 1.29 is 13.7 Å². The summed E-state index contributed by atoms with van der Waals surface area (Å²) in [6.07, 6.45) is 21.1. The van der Waals surface area contributed by atoms with Crippen molar-refractivity contribution in [2.75, 3.05) is 0 Å². The molecule has 8 heterocycles. The van der Waals surface area contributed by atoms with E-state index in [-0.39, 0.29) is 0 Å². The molecule has 7 aromatic rings. The molecule has 0 amide bonds. The summed E-state index contributed by atoms with van der Waals surface area (Å²) in [5.74, 6) is 0. The number of hydrogen-bond donors (Lipinski definition) is 2. The fourth-order valence-corrected chi connectivity index (χ4v) is 6.83. The zero-order valence-electron chi connectivity index (χ0n) is 28.7. The lowest BCUT2D eigenvalue weighted by molar-refractivity contribution is -0.595. The SMILES string of the molecule is Cc1cc[n+](-c2c3nc(c(-[n+]4ccc(C)cc4)c4ccc([nH]4)c(-[n+]4ccc(C)cc4)c4nc(c(-c5ccccc5)c5ccc2[nH]5)C=C4)C=C3)cc1. The average molecular weight is 663 g/mol. The van der Waals surface area contributed by atoms with Crippen LogP contribution >= 0.6 is 0 Å². The number of aromatic nitrogens is 7. The normalized spacial score (nSPS) is 12.1. The first-order valence-corrected chi connectivity index (χ1v) is 17.1. The molecule has 2 aliphatic rings. The van der Waals surface area contributed by atoms with Crippen molar-refractivity contribution in [3.8, 4) is 28.2 Å². The molecule has 0 fully saturated rings. The van der Waals surface area contributed by atoms with Gasteiger partial charge in [-0.2, -0.15) is 13.7 Å². The lowest BCUT2D eigenvalue weighted by Gasteiger charge is -2.04. The summed E-state index contributed by atoms with van der Waals surface area (Å²) in [6, 6.07) is 31.8. The number of hydrogen-bond acceptors (Lipinski definition) is 2. The minimum atomic E-state index is 0.853. The summed E-state index contributed by atoms with van der Waals surface area (Å²) in [6.45, 7) is 6.31. The zero-order chi connectivity index (χ0) is 34.5. The van der Waals surface area contributed by atoms with E-state index >= 15 is 0 Å². The molecular weight excluding hydrogens is 627 g/mol. The maximum Gasteiger partial charge on any atom is 0.260 e. The van der Waals surface area contributed by atoms with Crippen molar-refractivity contribution >= 4 is 46.4 Å². The van der Waals surface area contributed by atoms with Crippen LogP contribution in [0.5, 0.6) is 0 Å². The third-order valence-electron chi connectivity index (χ3n) is 9.50. The summed E-state index contributed by atoms with van der Waals surface area (Å²) in [5.41, 5.74) is 15.8. The zero-order valence-corrected chi connectivity index (χ0v) is 28.7. The maximum absolute atomic E-state index is 5.36. The van der Waals surface area contributed by atoms with Gasteiger partial charge in [0.25, 0.3) is 17.1 Å². The van der Waals surface area contributed by atoms with Crippen molar-refractivity contribution in [1.29, 1.82) is 0 Å². The Morgan fingerprint density at radius 1 is 0.392 bits per heavy atom. The first kappa shape index (κ1) is 30.3. The van der Waals surface area contributed by atoms with Crippen LogP contribution in [-0.4, -0.2) is 19.9 Å². The highest BCUT2D eigenvalue weighted by molar-refractivity contribution is 5.93. The number of nitrogens with zero attached hydrogens (tertiary/aromatic N) is 5. The third kappa shape index (κ3) is 5.55. The Labute approximate surface area is 295 Å². The molecule has 1 aromatic carbocycles. The predicted molar refractivity (Wildman–Crippen MR) is 203 cm³/mol. The minimum absolute atomic E-state index is 0.853. The highest BCUT2D eigenvalue weighted by Gasteiger charge is 2.25. The van der Waals surface area contributed by atoms with Gasteiger partial charge in [-0.15, -0.1) is 0 Å². The number of pyridine rings is 3. The number of fused-ring (bicyclic) bond motifs is 8. The van der Waals surface area contributed by atoms with Crippen LogP contribution in [0, 0.1) is 20.8 Å². The van der Waals surface area contributed by atoms with E-state index in [9.17, 15) is 0 Å². The molecule has 0 saturated heterocycles. The fourth-order valence-electron chi connectivity index (χ4n) is 6.83. The summed E-state index contributed by atoms with van der Waals surface area (Å²) in [5, 5.41) is 0. The highest BCUT2D eigenvalue weighted by Crippen LogP contribution is 2.32. The largest absolute Gasteiger partial charge is 0.349 e. The van der Waals surface area contributed by atoms with Gasteiger partial charge in [0, 0.05) is 47.5 Å². The summed E-state index contributed by atoms with van der Waals surface area (Å²) in [7, 11) is 0. The van der Waals surface area contributed by atoms with Gasteiger partial charge in [-0.25, -0.2) is 9.97 Å². The second kappa shape index (κ2) is 12.3. The molecule has 7 heteroatoms. The smallest absolute Gasteiger partial charge is 0.260 e. The maximum atomic E-state index is 5.36. The first-order valence-electron chi connectivity index (χ1n) is 17.1.